The third kappa shape index (κ3) is 2.93. The Hall–Kier alpha value is -2.59. The summed E-state index contributed by atoms with van der Waals surface area (Å²) >= 11 is 0. The van der Waals surface area contributed by atoms with Crippen LogP contribution in [-0.4, -0.2) is 18.0 Å². The topological polar surface area (TPSA) is 59.7 Å². The second kappa shape index (κ2) is 6.89. The number of carbonyl (C=O) groups is 1. The van der Waals surface area contributed by atoms with E-state index in [1.54, 1.807) is 19.2 Å². The molecule has 2 aromatic carbocycles. The number of aromatic hydroxyl groups is 1. The van der Waals surface area contributed by atoms with Gasteiger partial charge in [0.05, 0.1) is 5.56 Å². The molecule has 1 heterocycles. The SMILES string of the molecule is CCC[C@H](OC)c1oc2ccccc2c1C(=O)c1ccc(O)cc1. The summed E-state index contributed by atoms with van der Waals surface area (Å²) in [4.78, 5) is 13.1. The number of rotatable bonds is 6. The standard InChI is InChI=1S/C20H20O4/c1-3-6-17(23-2)20-18(15-7-4-5-8-16(15)24-20)19(22)13-9-11-14(21)12-10-13/h4-5,7-12,17,21H,3,6H2,1-2H3/t17-/m0/s1. The quantitative estimate of drug-likeness (QED) is 0.658. The van der Waals surface area contributed by atoms with Gasteiger partial charge in [0.1, 0.15) is 23.2 Å². The van der Waals surface area contributed by atoms with Gasteiger partial charge in [-0.1, -0.05) is 31.5 Å². The minimum absolute atomic E-state index is 0.129. The number of furan rings is 1. The van der Waals surface area contributed by atoms with E-state index >= 15 is 0 Å². The molecule has 0 aliphatic heterocycles. The number of benzene rings is 2. The molecule has 1 atom stereocenters. The van der Waals surface area contributed by atoms with Crippen LogP contribution >= 0.6 is 0 Å². The molecule has 0 bridgehead atoms. The van der Waals surface area contributed by atoms with E-state index in [9.17, 15) is 9.90 Å². The Morgan fingerprint density at radius 2 is 1.88 bits per heavy atom. The van der Waals surface area contributed by atoms with Crippen molar-refractivity contribution in [1.82, 2.24) is 0 Å². The van der Waals surface area contributed by atoms with Gasteiger partial charge in [0, 0.05) is 18.1 Å². The fourth-order valence-electron chi connectivity index (χ4n) is 2.90. The van der Waals surface area contributed by atoms with E-state index in [1.807, 2.05) is 24.3 Å². The number of phenols is 1. The zero-order valence-electron chi connectivity index (χ0n) is 13.8. The number of ketones is 1. The van der Waals surface area contributed by atoms with E-state index < -0.39 is 0 Å². The first kappa shape index (κ1) is 16.3. The Labute approximate surface area is 140 Å². The lowest BCUT2D eigenvalue weighted by atomic mass is 9.97. The van der Waals surface area contributed by atoms with Crippen molar-refractivity contribution in [2.45, 2.75) is 25.9 Å². The van der Waals surface area contributed by atoms with Gasteiger partial charge in [0.15, 0.2) is 5.78 Å². The van der Waals surface area contributed by atoms with Crippen LogP contribution < -0.4 is 0 Å². The lowest BCUT2D eigenvalue weighted by molar-refractivity contribution is 0.0753. The van der Waals surface area contributed by atoms with Gasteiger partial charge in [-0.25, -0.2) is 0 Å². The Morgan fingerprint density at radius 1 is 1.17 bits per heavy atom. The summed E-state index contributed by atoms with van der Waals surface area (Å²) in [6.07, 6.45) is 1.42. The smallest absolute Gasteiger partial charge is 0.197 e. The fraction of sp³-hybridized carbons (Fsp3) is 0.250. The van der Waals surface area contributed by atoms with Crippen LogP contribution in [0.5, 0.6) is 5.75 Å². The van der Waals surface area contributed by atoms with Crippen molar-refractivity contribution in [3.63, 3.8) is 0 Å². The summed E-state index contributed by atoms with van der Waals surface area (Å²) in [5, 5.41) is 10.2. The lowest BCUT2D eigenvalue weighted by Crippen LogP contribution is -2.08. The molecule has 0 saturated carbocycles. The molecule has 0 radical (unpaired) electrons. The van der Waals surface area contributed by atoms with Gasteiger partial charge in [-0.15, -0.1) is 0 Å². The molecule has 3 aromatic rings. The van der Waals surface area contributed by atoms with Gasteiger partial charge >= 0.3 is 0 Å². The predicted octanol–water partition coefficient (Wildman–Crippen LogP) is 4.86. The maximum Gasteiger partial charge on any atom is 0.197 e. The van der Waals surface area contributed by atoms with E-state index in [0.29, 0.717) is 22.5 Å². The van der Waals surface area contributed by atoms with Crippen LogP contribution in [0.1, 0.15) is 47.6 Å². The van der Waals surface area contributed by atoms with Gasteiger partial charge in [-0.05, 0) is 36.8 Å². The minimum atomic E-state index is -0.265. The molecule has 3 rings (SSSR count). The number of ether oxygens (including phenoxy) is 1. The molecule has 1 N–H and O–H groups in total. The number of para-hydroxylation sites is 1. The molecule has 124 valence electrons. The van der Waals surface area contributed by atoms with E-state index in [4.69, 9.17) is 9.15 Å². The lowest BCUT2D eigenvalue weighted by Gasteiger charge is -2.13. The average molecular weight is 324 g/mol. The number of hydrogen-bond donors (Lipinski definition) is 1. The molecular formula is C20H20O4. The monoisotopic (exact) mass is 324 g/mol. The highest BCUT2D eigenvalue weighted by molar-refractivity contribution is 6.17. The van der Waals surface area contributed by atoms with Gasteiger partial charge in [0.25, 0.3) is 0 Å². The summed E-state index contributed by atoms with van der Waals surface area (Å²) in [5.74, 6) is 0.566. The minimum Gasteiger partial charge on any atom is -0.508 e. The normalized spacial score (nSPS) is 12.4. The third-order valence-electron chi connectivity index (χ3n) is 4.11. The number of hydrogen-bond acceptors (Lipinski definition) is 4. The van der Waals surface area contributed by atoms with Crippen molar-refractivity contribution in [1.29, 1.82) is 0 Å². The maximum absolute atomic E-state index is 13.1. The van der Waals surface area contributed by atoms with Crippen LogP contribution in [0.25, 0.3) is 11.0 Å². The molecule has 0 aliphatic rings. The predicted molar refractivity (Wildman–Crippen MR) is 92.4 cm³/mol. The molecule has 0 unspecified atom stereocenters. The average Bonchev–Trinajstić information content (AvgIpc) is 2.99. The van der Waals surface area contributed by atoms with Crippen molar-refractivity contribution in [3.8, 4) is 5.75 Å². The largest absolute Gasteiger partial charge is 0.508 e. The first-order valence-electron chi connectivity index (χ1n) is 8.03. The second-order valence-electron chi connectivity index (χ2n) is 5.73. The summed E-state index contributed by atoms with van der Waals surface area (Å²) in [6, 6.07) is 13.8. The Balaban J connectivity index is 2.17. The molecule has 4 heteroatoms. The summed E-state index contributed by atoms with van der Waals surface area (Å²) < 4.78 is 11.5. The van der Waals surface area contributed by atoms with Gasteiger partial charge in [-0.3, -0.25) is 4.79 Å². The Morgan fingerprint density at radius 3 is 2.54 bits per heavy atom. The second-order valence-corrected chi connectivity index (χ2v) is 5.73. The fourth-order valence-corrected chi connectivity index (χ4v) is 2.90. The van der Waals surface area contributed by atoms with Gasteiger partial charge in [0.2, 0.25) is 0 Å². The van der Waals surface area contributed by atoms with Crippen molar-refractivity contribution in [2.75, 3.05) is 7.11 Å². The van der Waals surface area contributed by atoms with Crippen LogP contribution in [0.4, 0.5) is 0 Å². The molecule has 0 aliphatic carbocycles. The number of fused-ring (bicyclic) bond motifs is 1. The first-order chi connectivity index (χ1) is 11.7. The zero-order chi connectivity index (χ0) is 17.1. The molecule has 24 heavy (non-hydrogen) atoms. The number of carbonyl (C=O) groups excluding carboxylic acids is 1. The maximum atomic E-state index is 13.1. The zero-order valence-corrected chi connectivity index (χ0v) is 13.8. The molecule has 0 amide bonds. The van der Waals surface area contributed by atoms with Crippen LogP contribution in [0.3, 0.4) is 0 Å². The number of methoxy groups -OCH3 is 1. The molecule has 4 nitrogen and oxygen atoms in total. The van der Waals surface area contributed by atoms with Crippen molar-refractivity contribution in [2.24, 2.45) is 0 Å². The highest BCUT2D eigenvalue weighted by atomic mass is 16.5. The third-order valence-corrected chi connectivity index (χ3v) is 4.11. The van der Waals surface area contributed by atoms with Crippen LogP contribution in [-0.2, 0) is 4.74 Å². The van der Waals surface area contributed by atoms with Crippen molar-refractivity contribution in [3.05, 3.63) is 65.4 Å². The van der Waals surface area contributed by atoms with Gasteiger partial charge in [-0.2, -0.15) is 0 Å². The van der Waals surface area contributed by atoms with Crippen LogP contribution in [0, 0.1) is 0 Å². The summed E-state index contributed by atoms with van der Waals surface area (Å²) in [7, 11) is 1.63. The van der Waals surface area contributed by atoms with E-state index in [-0.39, 0.29) is 17.6 Å². The summed E-state index contributed by atoms with van der Waals surface area (Å²) in [6.45, 7) is 2.07. The van der Waals surface area contributed by atoms with Crippen LogP contribution in [0.2, 0.25) is 0 Å². The van der Waals surface area contributed by atoms with E-state index in [0.717, 1.165) is 18.2 Å². The molecule has 1 aromatic heterocycles. The number of phenolic OH excluding ortho intramolecular Hbond substituents is 1. The molecule has 0 saturated heterocycles. The summed E-state index contributed by atoms with van der Waals surface area (Å²) in [5.41, 5.74) is 1.72. The highest BCUT2D eigenvalue weighted by Crippen LogP contribution is 2.35. The first-order valence-corrected chi connectivity index (χ1v) is 8.03. The van der Waals surface area contributed by atoms with Crippen LogP contribution in [0.15, 0.2) is 52.9 Å². The molecular weight excluding hydrogens is 304 g/mol. The molecule has 0 spiro atoms. The van der Waals surface area contributed by atoms with Crippen molar-refractivity contribution >= 4 is 16.8 Å². The Kier molecular flexibility index (Phi) is 4.67. The van der Waals surface area contributed by atoms with E-state index in [1.165, 1.54) is 12.1 Å². The van der Waals surface area contributed by atoms with Gasteiger partial charge < -0.3 is 14.3 Å². The Bertz CT molecular complexity index is 846. The van der Waals surface area contributed by atoms with Crippen molar-refractivity contribution < 1.29 is 19.1 Å². The van der Waals surface area contributed by atoms with E-state index in [2.05, 4.69) is 6.92 Å². The molecule has 0 fully saturated rings. The highest BCUT2D eigenvalue weighted by Gasteiger charge is 2.27.